The van der Waals surface area contributed by atoms with Crippen molar-refractivity contribution in [1.82, 2.24) is 0 Å². The summed E-state index contributed by atoms with van der Waals surface area (Å²) in [4.78, 5) is 0. The Bertz CT molecular complexity index is 132. The highest BCUT2D eigenvalue weighted by atomic mass is 16.5. The van der Waals surface area contributed by atoms with E-state index in [4.69, 9.17) is 10.5 Å². The van der Waals surface area contributed by atoms with Crippen LogP contribution in [-0.2, 0) is 4.74 Å². The molecule has 2 nitrogen and oxygen atoms in total. The lowest BCUT2D eigenvalue weighted by Crippen LogP contribution is -2.26. The van der Waals surface area contributed by atoms with Crippen LogP contribution in [0.3, 0.4) is 0 Å². The van der Waals surface area contributed by atoms with Crippen molar-refractivity contribution >= 4 is 0 Å². The Morgan fingerprint density at radius 1 is 1.23 bits per heavy atom. The van der Waals surface area contributed by atoms with Crippen molar-refractivity contribution in [2.75, 3.05) is 13.2 Å². The van der Waals surface area contributed by atoms with Crippen LogP contribution in [0.25, 0.3) is 0 Å². The number of ether oxygens (including phenoxy) is 1. The molecular weight excluding hydrogens is 162 g/mol. The summed E-state index contributed by atoms with van der Waals surface area (Å²) in [6.07, 6.45) is 1.40. The molecule has 2 N–H and O–H groups in total. The molecule has 0 aliphatic heterocycles. The predicted octanol–water partition coefficient (Wildman–Crippen LogP) is 2.42. The Morgan fingerprint density at radius 3 is 2.15 bits per heavy atom. The molecule has 13 heavy (non-hydrogen) atoms. The average molecular weight is 187 g/mol. The summed E-state index contributed by atoms with van der Waals surface area (Å²) >= 11 is 0. The first kappa shape index (κ1) is 12.9. The van der Waals surface area contributed by atoms with Crippen LogP contribution < -0.4 is 5.73 Å². The molecule has 0 fully saturated rings. The van der Waals surface area contributed by atoms with Crippen molar-refractivity contribution < 1.29 is 4.74 Å². The molecule has 1 unspecified atom stereocenters. The largest absolute Gasteiger partial charge is 0.378 e. The normalized spacial score (nSPS) is 15.0. The first-order valence-electron chi connectivity index (χ1n) is 5.21. The van der Waals surface area contributed by atoms with Crippen molar-refractivity contribution in [3.63, 3.8) is 0 Å². The Hall–Kier alpha value is -0.0800. The van der Waals surface area contributed by atoms with Gasteiger partial charge in [-0.2, -0.15) is 0 Å². The van der Waals surface area contributed by atoms with Crippen LogP contribution >= 0.6 is 0 Å². The topological polar surface area (TPSA) is 35.2 Å². The van der Waals surface area contributed by atoms with Gasteiger partial charge in [0.15, 0.2) is 0 Å². The first-order chi connectivity index (χ1) is 5.89. The van der Waals surface area contributed by atoms with Crippen LogP contribution in [-0.4, -0.2) is 19.3 Å². The van der Waals surface area contributed by atoms with Crippen LogP contribution in [0.5, 0.6) is 0 Å². The molecule has 0 rings (SSSR count). The molecule has 0 aromatic rings. The molecule has 0 aliphatic rings. The zero-order valence-electron chi connectivity index (χ0n) is 9.76. The van der Waals surface area contributed by atoms with Gasteiger partial charge in [0.2, 0.25) is 0 Å². The van der Waals surface area contributed by atoms with E-state index in [2.05, 4.69) is 34.6 Å². The summed E-state index contributed by atoms with van der Waals surface area (Å²) in [6, 6.07) is 0. The average Bonchev–Trinajstić information content (AvgIpc) is 2.04. The van der Waals surface area contributed by atoms with Gasteiger partial charge in [0, 0.05) is 6.61 Å². The van der Waals surface area contributed by atoms with Crippen LogP contribution in [0.4, 0.5) is 0 Å². The molecule has 0 heterocycles. The molecule has 0 aromatic heterocycles. The maximum absolute atomic E-state index is 5.69. The van der Waals surface area contributed by atoms with Crippen LogP contribution in [0.1, 0.15) is 41.0 Å². The molecule has 0 bridgehead atoms. The summed E-state index contributed by atoms with van der Waals surface area (Å²) in [5.74, 6) is 0.598. The van der Waals surface area contributed by atoms with Crippen molar-refractivity contribution in [2.45, 2.75) is 47.1 Å². The van der Waals surface area contributed by atoms with E-state index in [0.717, 1.165) is 19.6 Å². The number of hydrogen-bond acceptors (Lipinski definition) is 2. The third kappa shape index (κ3) is 6.05. The van der Waals surface area contributed by atoms with E-state index in [1.807, 2.05) is 0 Å². The maximum atomic E-state index is 5.69. The van der Waals surface area contributed by atoms with Gasteiger partial charge in [-0.05, 0) is 31.2 Å². The summed E-state index contributed by atoms with van der Waals surface area (Å²) in [5, 5.41) is 0. The summed E-state index contributed by atoms with van der Waals surface area (Å²) < 4.78 is 5.69. The Morgan fingerprint density at radius 2 is 1.77 bits per heavy atom. The molecule has 80 valence electrons. The van der Waals surface area contributed by atoms with E-state index < -0.39 is 0 Å². The van der Waals surface area contributed by atoms with E-state index >= 15 is 0 Å². The van der Waals surface area contributed by atoms with Crippen LogP contribution in [0.2, 0.25) is 0 Å². The van der Waals surface area contributed by atoms with Gasteiger partial charge in [0.05, 0.1) is 6.10 Å². The lowest BCUT2D eigenvalue weighted by atomic mass is 9.90. The summed E-state index contributed by atoms with van der Waals surface area (Å²) in [7, 11) is 0. The predicted molar refractivity (Wildman–Crippen MR) is 57.7 cm³/mol. The molecule has 0 saturated carbocycles. The fraction of sp³-hybridized carbons (Fsp3) is 1.00. The van der Waals surface area contributed by atoms with Crippen molar-refractivity contribution in [3.8, 4) is 0 Å². The minimum atomic E-state index is 0.219. The highest BCUT2D eigenvalue weighted by Crippen LogP contribution is 2.18. The Labute approximate surface area is 82.8 Å². The third-order valence-electron chi connectivity index (χ3n) is 2.65. The van der Waals surface area contributed by atoms with Gasteiger partial charge in [0.1, 0.15) is 0 Å². The highest BCUT2D eigenvalue weighted by Gasteiger charge is 2.16. The van der Waals surface area contributed by atoms with Gasteiger partial charge in [-0.25, -0.2) is 0 Å². The number of rotatable bonds is 6. The first-order valence-corrected chi connectivity index (χ1v) is 5.21. The van der Waals surface area contributed by atoms with Crippen LogP contribution in [0, 0.1) is 11.3 Å². The van der Waals surface area contributed by atoms with Crippen LogP contribution in [0.15, 0.2) is 0 Å². The standard InChI is InChI=1S/C11H25NO/c1-9(2)10(3)13-7-6-11(4,5)8-12/h9-10H,6-8,12H2,1-5H3. The molecule has 0 aromatic carbocycles. The molecule has 1 atom stereocenters. The molecule has 0 radical (unpaired) electrons. The minimum absolute atomic E-state index is 0.219. The molecule has 0 amide bonds. The van der Waals surface area contributed by atoms with Gasteiger partial charge < -0.3 is 10.5 Å². The lowest BCUT2D eigenvalue weighted by Gasteiger charge is -2.24. The monoisotopic (exact) mass is 187 g/mol. The quantitative estimate of drug-likeness (QED) is 0.693. The summed E-state index contributed by atoms with van der Waals surface area (Å²) in [6.45, 7) is 12.4. The van der Waals surface area contributed by atoms with Crippen molar-refractivity contribution in [3.05, 3.63) is 0 Å². The minimum Gasteiger partial charge on any atom is -0.378 e. The number of nitrogens with two attached hydrogens (primary N) is 1. The third-order valence-corrected chi connectivity index (χ3v) is 2.65. The zero-order chi connectivity index (χ0) is 10.5. The Balaban J connectivity index is 3.56. The second-order valence-corrected chi connectivity index (χ2v) is 4.94. The van der Waals surface area contributed by atoms with E-state index in [9.17, 15) is 0 Å². The molecule has 0 spiro atoms. The second-order valence-electron chi connectivity index (χ2n) is 4.94. The smallest absolute Gasteiger partial charge is 0.0569 e. The molecular formula is C11H25NO. The van der Waals surface area contributed by atoms with Gasteiger partial charge in [-0.1, -0.05) is 27.7 Å². The zero-order valence-corrected chi connectivity index (χ0v) is 9.76. The van der Waals surface area contributed by atoms with E-state index in [-0.39, 0.29) is 5.41 Å². The molecule has 2 heteroatoms. The van der Waals surface area contributed by atoms with Gasteiger partial charge in [-0.3, -0.25) is 0 Å². The Kier molecular flexibility index (Phi) is 5.57. The molecule has 0 saturated heterocycles. The van der Waals surface area contributed by atoms with Crippen molar-refractivity contribution in [2.24, 2.45) is 17.1 Å². The lowest BCUT2D eigenvalue weighted by molar-refractivity contribution is 0.0210. The van der Waals surface area contributed by atoms with E-state index in [0.29, 0.717) is 12.0 Å². The van der Waals surface area contributed by atoms with Crippen molar-refractivity contribution in [1.29, 1.82) is 0 Å². The fourth-order valence-electron chi connectivity index (χ4n) is 0.816. The second kappa shape index (κ2) is 5.61. The highest BCUT2D eigenvalue weighted by molar-refractivity contribution is 4.69. The van der Waals surface area contributed by atoms with E-state index in [1.165, 1.54) is 0 Å². The maximum Gasteiger partial charge on any atom is 0.0569 e. The van der Waals surface area contributed by atoms with Gasteiger partial charge in [0.25, 0.3) is 0 Å². The molecule has 0 aliphatic carbocycles. The summed E-state index contributed by atoms with van der Waals surface area (Å²) in [5.41, 5.74) is 5.85. The fourth-order valence-corrected chi connectivity index (χ4v) is 0.816. The van der Waals surface area contributed by atoms with E-state index in [1.54, 1.807) is 0 Å². The number of hydrogen-bond donors (Lipinski definition) is 1. The van der Waals surface area contributed by atoms with Gasteiger partial charge >= 0.3 is 0 Å². The van der Waals surface area contributed by atoms with Gasteiger partial charge in [-0.15, -0.1) is 0 Å². The SMILES string of the molecule is CC(C)C(C)OCCC(C)(C)CN.